The van der Waals surface area contributed by atoms with Crippen LogP contribution in [0, 0.1) is 0 Å². The Kier molecular flexibility index (Phi) is 3.46. The summed E-state index contributed by atoms with van der Waals surface area (Å²) >= 11 is 6.66. The van der Waals surface area contributed by atoms with Gasteiger partial charge in [0.25, 0.3) is 0 Å². The minimum atomic E-state index is -1.12. The van der Waals surface area contributed by atoms with Crippen LogP contribution in [0.1, 0.15) is 34.0 Å². The number of fused-ring (bicyclic) bond motifs is 6. The lowest BCUT2D eigenvalue weighted by molar-refractivity contribution is 0.0225. The third-order valence-electron chi connectivity index (χ3n) is 5.08. The van der Waals surface area contributed by atoms with Crippen LogP contribution in [-0.4, -0.2) is 12.5 Å². The molecular weight excluding hydrogens is 362 g/mol. The molecule has 2 heterocycles. The van der Waals surface area contributed by atoms with Crippen molar-refractivity contribution in [3.05, 3.63) is 87.9 Å². The highest BCUT2D eigenvalue weighted by Crippen LogP contribution is 2.58. The minimum Gasteiger partial charge on any atom is -0.456 e. The zero-order valence-corrected chi connectivity index (χ0v) is 15.3. The number of hydrogen-bond acceptors (Lipinski definition) is 4. The van der Waals surface area contributed by atoms with Gasteiger partial charge < -0.3 is 14.8 Å². The summed E-state index contributed by atoms with van der Waals surface area (Å²) in [6, 6.07) is 18.8. The van der Waals surface area contributed by atoms with E-state index in [0.29, 0.717) is 34.2 Å². The summed E-state index contributed by atoms with van der Waals surface area (Å²) in [5.41, 5.74) is 2.28. The minimum absolute atomic E-state index is 0.394. The van der Waals surface area contributed by atoms with Crippen LogP contribution in [0.15, 0.2) is 60.7 Å². The Hall–Kier alpha value is -2.98. The monoisotopic (exact) mass is 377 g/mol. The Balaban J connectivity index is 1.91. The molecule has 0 radical (unpaired) electrons. The molecule has 3 aromatic carbocycles. The van der Waals surface area contributed by atoms with Crippen LogP contribution >= 0.6 is 11.6 Å². The van der Waals surface area contributed by atoms with E-state index in [9.17, 15) is 4.79 Å². The molecule has 0 bridgehead atoms. The average Bonchev–Trinajstić information content (AvgIpc) is 2.99. The summed E-state index contributed by atoms with van der Waals surface area (Å²) in [7, 11) is 0. The first-order valence-electron chi connectivity index (χ1n) is 8.84. The molecular formula is C22H16ClNO3. The lowest BCUT2D eigenvalue weighted by Crippen LogP contribution is -2.33. The lowest BCUT2D eigenvalue weighted by atomic mass is 9.77. The van der Waals surface area contributed by atoms with E-state index < -0.39 is 11.6 Å². The first-order valence-corrected chi connectivity index (χ1v) is 9.21. The summed E-state index contributed by atoms with van der Waals surface area (Å²) < 4.78 is 12.2. The van der Waals surface area contributed by atoms with Crippen molar-refractivity contribution in [2.24, 2.45) is 0 Å². The second-order valence-electron chi connectivity index (χ2n) is 6.54. The first-order chi connectivity index (χ1) is 13.2. The number of esters is 1. The Morgan fingerprint density at radius 3 is 2.22 bits per heavy atom. The zero-order chi connectivity index (χ0) is 18.6. The maximum absolute atomic E-state index is 13.0. The van der Waals surface area contributed by atoms with Crippen LogP contribution in [0.4, 0.5) is 5.69 Å². The fourth-order valence-electron chi connectivity index (χ4n) is 4.05. The predicted octanol–water partition coefficient (Wildman–Crippen LogP) is 5.34. The maximum Gasteiger partial charge on any atom is 0.342 e. The summed E-state index contributed by atoms with van der Waals surface area (Å²) in [6.07, 6.45) is 0. The molecule has 27 heavy (non-hydrogen) atoms. The van der Waals surface area contributed by atoms with Gasteiger partial charge in [0.1, 0.15) is 11.5 Å². The van der Waals surface area contributed by atoms with Crippen molar-refractivity contribution in [3.63, 3.8) is 0 Å². The van der Waals surface area contributed by atoms with E-state index in [1.807, 2.05) is 67.6 Å². The number of halogens is 1. The molecule has 5 rings (SSSR count). The first kappa shape index (κ1) is 16.2. The third-order valence-corrected chi connectivity index (χ3v) is 5.39. The second kappa shape index (κ2) is 5.76. The summed E-state index contributed by atoms with van der Waals surface area (Å²) in [4.78, 5) is 13.0. The van der Waals surface area contributed by atoms with Gasteiger partial charge in [-0.05, 0) is 31.2 Å². The van der Waals surface area contributed by atoms with E-state index in [4.69, 9.17) is 21.1 Å². The fraction of sp³-hybridized carbons (Fsp3) is 0.136. The fourth-order valence-corrected chi connectivity index (χ4v) is 4.34. The second-order valence-corrected chi connectivity index (χ2v) is 6.95. The molecule has 3 aromatic rings. The van der Waals surface area contributed by atoms with Crippen LogP contribution in [0.2, 0.25) is 5.02 Å². The van der Waals surface area contributed by atoms with Gasteiger partial charge in [0, 0.05) is 33.9 Å². The van der Waals surface area contributed by atoms with E-state index in [1.165, 1.54) is 0 Å². The van der Waals surface area contributed by atoms with Crippen LogP contribution < -0.4 is 10.1 Å². The quantitative estimate of drug-likeness (QED) is 0.612. The number of carbonyl (C=O) groups excluding carboxylic acids is 1. The molecule has 0 saturated heterocycles. The van der Waals surface area contributed by atoms with E-state index in [2.05, 4.69) is 5.32 Å². The Morgan fingerprint density at radius 2 is 1.59 bits per heavy atom. The highest BCUT2D eigenvalue weighted by Gasteiger charge is 2.55. The Labute approximate surface area is 161 Å². The summed E-state index contributed by atoms with van der Waals surface area (Å²) in [6.45, 7) is 2.67. The number of hydrogen-bond donors (Lipinski definition) is 1. The Bertz CT molecular complexity index is 1050. The molecule has 0 aromatic heterocycles. The standard InChI is InChI=1S/C22H16ClNO3/c1-2-24-16-12-11-15(23)20-19(16)21(25)27-22(20)13-7-3-5-9-17(13)26-18-10-6-4-8-14(18)22/h3-12,24H,2H2,1H3. The van der Waals surface area contributed by atoms with Gasteiger partial charge in [0.05, 0.1) is 5.56 Å². The molecule has 1 spiro atoms. The summed E-state index contributed by atoms with van der Waals surface area (Å²) in [5, 5.41) is 3.73. The smallest absolute Gasteiger partial charge is 0.342 e. The van der Waals surface area contributed by atoms with Gasteiger partial charge in [-0.1, -0.05) is 48.0 Å². The number of para-hydroxylation sites is 2. The highest BCUT2D eigenvalue weighted by atomic mass is 35.5. The van der Waals surface area contributed by atoms with Crippen molar-refractivity contribution in [2.45, 2.75) is 12.5 Å². The normalized spacial score (nSPS) is 15.4. The van der Waals surface area contributed by atoms with Crippen molar-refractivity contribution in [1.82, 2.24) is 0 Å². The molecule has 134 valence electrons. The maximum atomic E-state index is 13.0. The number of nitrogens with one attached hydrogen (secondary N) is 1. The van der Waals surface area contributed by atoms with Crippen LogP contribution in [0.3, 0.4) is 0 Å². The van der Waals surface area contributed by atoms with Crippen molar-refractivity contribution >= 4 is 23.3 Å². The van der Waals surface area contributed by atoms with Gasteiger partial charge in [-0.3, -0.25) is 0 Å². The average molecular weight is 378 g/mol. The molecule has 5 heteroatoms. The molecule has 0 fully saturated rings. The predicted molar refractivity (Wildman–Crippen MR) is 104 cm³/mol. The number of rotatable bonds is 2. The van der Waals surface area contributed by atoms with E-state index in [0.717, 1.165) is 16.8 Å². The van der Waals surface area contributed by atoms with Crippen molar-refractivity contribution in [1.29, 1.82) is 0 Å². The molecule has 0 atom stereocenters. The van der Waals surface area contributed by atoms with Crippen molar-refractivity contribution in [3.8, 4) is 11.5 Å². The zero-order valence-electron chi connectivity index (χ0n) is 14.6. The van der Waals surface area contributed by atoms with Gasteiger partial charge in [-0.15, -0.1) is 0 Å². The number of benzene rings is 3. The van der Waals surface area contributed by atoms with Gasteiger partial charge in [-0.2, -0.15) is 0 Å². The van der Waals surface area contributed by atoms with Crippen LogP contribution in [-0.2, 0) is 10.3 Å². The largest absolute Gasteiger partial charge is 0.456 e. The summed E-state index contributed by atoms with van der Waals surface area (Å²) in [5.74, 6) is 0.915. The lowest BCUT2D eigenvalue weighted by Gasteiger charge is -2.36. The van der Waals surface area contributed by atoms with Gasteiger partial charge in [-0.25, -0.2) is 4.79 Å². The molecule has 4 nitrogen and oxygen atoms in total. The van der Waals surface area contributed by atoms with Crippen molar-refractivity contribution < 1.29 is 14.3 Å². The molecule has 0 unspecified atom stereocenters. The topological polar surface area (TPSA) is 47.6 Å². The molecule has 0 amide bonds. The molecule has 1 N–H and O–H groups in total. The van der Waals surface area contributed by atoms with E-state index in [1.54, 1.807) is 0 Å². The highest BCUT2D eigenvalue weighted by molar-refractivity contribution is 6.32. The van der Waals surface area contributed by atoms with Gasteiger partial charge in [0.2, 0.25) is 0 Å². The van der Waals surface area contributed by atoms with Crippen LogP contribution in [0.25, 0.3) is 0 Å². The van der Waals surface area contributed by atoms with Crippen molar-refractivity contribution in [2.75, 3.05) is 11.9 Å². The molecule has 2 aliphatic rings. The third kappa shape index (κ3) is 2.07. The van der Waals surface area contributed by atoms with Gasteiger partial charge in [0.15, 0.2) is 5.60 Å². The van der Waals surface area contributed by atoms with Crippen LogP contribution in [0.5, 0.6) is 11.5 Å². The molecule has 0 saturated carbocycles. The number of ether oxygens (including phenoxy) is 2. The molecule has 2 aliphatic heterocycles. The van der Waals surface area contributed by atoms with E-state index >= 15 is 0 Å². The molecule has 0 aliphatic carbocycles. The number of carbonyl (C=O) groups is 1. The Morgan fingerprint density at radius 1 is 0.963 bits per heavy atom. The number of anilines is 1. The van der Waals surface area contributed by atoms with E-state index in [-0.39, 0.29) is 0 Å². The SMILES string of the molecule is CCNc1ccc(Cl)c2c1C(=O)OC21c2ccccc2Oc2ccccc21. The van der Waals surface area contributed by atoms with Gasteiger partial charge >= 0.3 is 5.97 Å².